The maximum atomic E-state index is 12.1. The summed E-state index contributed by atoms with van der Waals surface area (Å²) in [5.74, 6) is 1.66. The normalized spacial score (nSPS) is 18.0. The van der Waals surface area contributed by atoms with Crippen LogP contribution in [0, 0.1) is 5.92 Å². The number of aliphatic hydroxyl groups is 1. The first-order chi connectivity index (χ1) is 13.4. The summed E-state index contributed by atoms with van der Waals surface area (Å²) >= 11 is 0. The molecule has 1 amide bonds. The average molecular weight is 384 g/mol. The zero-order valence-electron chi connectivity index (χ0n) is 16.3. The summed E-state index contributed by atoms with van der Waals surface area (Å²) in [5.41, 5.74) is 1.63. The number of carbonyl (C=O) groups excluding carboxylic acids is 1. The van der Waals surface area contributed by atoms with E-state index in [1.54, 1.807) is 20.0 Å². The molecule has 1 fully saturated rings. The van der Waals surface area contributed by atoms with Crippen LogP contribution in [-0.4, -0.2) is 47.3 Å². The lowest BCUT2D eigenvalue weighted by Gasteiger charge is -2.33. The molecule has 0 aliphatic carbocycles. The lowest BCUT2D eigenvalue weighted by Crippen LogP contribution is -2.42. The molecule has 1 aromatic carbocycles. The second kappa shape index (κ2) is 7.48. The number of anilines is 2. The molecule has 2 aliphatic heterocycles. The van der Waals surface area contributed by atoms with Gasteiger partial charge in [-0.2, -0.15) is 0 Å². The van der Waals surface area contributed by atoms with Crippen LogP contribution in [0.5, 0.6) is 0 Å². The highest BCUT2D eigenvalue weighted by molar-refractivity contribution is 5.99. The predicted octanol–water partition coefficient (Wildman–Crippen LogP) is 2.80. The van der Waals surface area contributed by atoms with E-state index in [9.17, 15) is 9.90 Å². The van der Waals surface area contributed by atoms with Crippen LogP contribution in [0.15, 0.2) is 30.5 Å². The molecular weight excluding hydrogens is 356 g/mol. The third-order valence-electron chi connectivity index (χ3n) is 5.35. The summed E-state index contributed by atoms with van der Waals surface area (Å²) in [4.78, 5) is 23.4. The minimum atomic E-state index is -0.884. The molecule has 0 spiro atoms. The lowest BCUT2D eigenvalue weighted by molar-refractivity contribution is -0.115. The van der Waals surface area contributed by atoms with Crippen LogP contribution in [0.3, 0.4) is 0 Å². The zero-order valence-corrected chi connectivity index (χ0v) is 16.3. The maximum Gasteiger partial charge on any atom is 0.245 e. The smallest absolute Gasteiger partial charge is 0.245 e. The van der Waals surface area contributed by atoms with Crippen molar-refractivity contribution in [2.45, 2.75) is 32.3 Å². The van der Waals surface area contributed by atoms with E-state index in [1.807, 2.05) is 29.2 Å². The van der Waals surface area contributed by atoms with Crippen molar-refractivity contribution in [1.29, 1.82) is 0 Å². The Hall–Kier alpha value is -2.51. The van der Waals surface area contributed by atoms with Crippen molar-refractivity contribution >= 4 is 17.5 Å². The maximum absolute atomic E-state index is 12.1. The summed E-state index contributed by atoms with van der Waals surface area (Å²) in [6.07, 6.45) is 3.67. The summed E-state index contributed by atoms with van der Waals surface area (Å²) in [6.45, 7) is 6.14. The number of aromatic nitrogens is 2. The van der Waals surface area contributed by atoms with Gasteiger partial charge >= 0.3 is 0 Å². The van der Waals surface area contributed by atoms with E-state index < -0.39 is 5.60 Å². The molecule has 28 heavy (non-hydrogen) atoms. The van der Waals surface area contributed by atoms with Crippen LogP contribution < -0.4 is 10.2 Å². The average Bonchev–Trinajstić information content (AvgIpc) is 2.68. The largest absolute Gasteiger partial charge is 0.386 e. The molecule has 3 heterocycles. The Balaban J connectivity index is 0.00000240. The van der Waals surface area contributed by atoms with E-state index in [2.05, 4.69) is 10.3 Å². The van der Waals surface area contributed by atoms with E-state index in [0.29, 0.717) is 18.3 Å². The molecule has 0 unspecified atom stereocenters. The van der Waals surface area contributed by atoms with Crippen LogP contribution in [0.25, 0.3) is 11.3 Å². The van der Waals surface area contributed by atoms with Gasteiger partial charge in [0.05, 0.1) is 24.0 Å². The number of rotatable bonds is 4. The first-order valence-electron chi connectivity index (χ1n) is 9.73. The monoisotopic (exact) mass is 384 g/mol. The molecule has 2 aromatic rings. The highest BCUT2D eigenvalue weighted by Gasteiger charge is 2.28. The SMILES string of the molecule is CC(C)(O)c1ccc(-c2cnc3c(n2)N(CC2CCOCC2)CC(=O)N3)cc1.[HH]. The second-order valence-electron chi connectivity index (χ2n) is 8.05. The van der Waals surface area contributed by atoms with E-state index >= 15 is 0 Å². The molecule has 0 radical (unpaired) electrons. The molecule has 0 saturated carbocycles. The zero-order chi connectivity index (χ0) is 19.7. The Morgan fingerprint density at radius 3 is 2.68 bits per heavy atom. The summed E-state index contributed by atoms with van der Waals surface area (Å²) in [5, 5.41) is 13.0. The number of hydrogen-bond acceptors (Lipinski definition) is 6. The van der Waals surface area contributed by atoms with Crippen molar-refractivity contribution in [3.8, 4) is 11.3 Å². The van der Waals surface area contributed by atoms with Gasteiger partial charge in [-0.05, 0) is 38.2 Å². The first kappa shape index (κ1) is 18.8. The van der Waals surface area contributed by atoms with Gasteiger partial charge in [-0.25, -0.2) is 9.97 Å². The van der Waals surface area contributed by atoms with Crippen molar-refractivity contribution in [3.05, 3.63) is 36.0 Å². The Kier molecular flexibility index (Phi) is 5.03. The number of hydrogen-bond donors (Lipinski definition) is 2. The molecule has 2 aliphatic rings. The minimum absolute atomic E-state index is 0. The number of nitrogens with one attached hydrogen (secondary N) is 1. The standard InChI is InChI=1S/C21H26N4O3.H2/c1-21(2,27)16-5-3-15(4-6-16)17-11-22-19-20(23-17)25(13-18(26)24-19)12-14-7-9-28-10-8-14;/h3-6,11,14,27H,7-10,12-13H2,1-2H3,(H,22,24,26);1H. The van der Waals surface area contributed by atoms with Crippen molar-refractivity contribution in [2.75, 3.05) is 36.5 Å². The minimum Gasteiger partial charge on any atom is -0.386 e. The Morgan fingerprint density at radius 1 is 1.29 bits per heavy atom. The number of ether oxygens (including phenoxy) is 1. The van der Waals surface area contributed by atoms with Gasteiger partial charge in [-0.1, -0.05) is 24.3 Å². The van der Waals surface area contributed by atoms with Gasteiger partial charge in [0, 0.05) is 26.7 Å². The van der Waals surface area contributed by atoms with E-state index in [0.717, 1.165) is 55.2 Å². The topological polar surface area (TPSA) is 87.6 Å². The Morgan fingerprint density at radius 2 is 2.00 bits per heavy atom. The fraction of sp³-hybridized carbons (Fsp3) is 0.476. The van der Waals surface area contributed by atoms with Gasteiger partial charge in [0.2, 0.25) is 5.91 Å². The van der Waals surface area contributed by atoms with Gasteiger partial charge in [-0.3, -0.25) is 4.79 Å². The highest BCUT2D eigenvalue weighted by Crippen LogP contribution is 2.31. The van der Waals surface area contributed by atoms with Crippen LogP contribution in [0.2, 0.25) is 0 Å². The summed E-state index contributed by atoms with van der Waals surface area (Å²) < 4.78 is 5.45. The number of amides is 1. The molecule has 150 valence electrons. The van der Waals surface area contributed by atoms with Gasteiger partial charge in [-0.15, -0.1) is 0 Å². The molecule has 2 N–H and O–H groups in total. The Labute approximate surface area is 166 Å². The van der Waals surface area contributed by atoms with Crippen molar-refractivity contribution in [2.24, 2.45) is 5.92 Å². The summed E-state index contributed by atoms with van der Waals surface area (Å²) in [6, 6.07) is 7.68. The molecule has 0 atom stereocenters. The number of benzene rings is 1. The van der Waals surface area contributed by atoms with Crippen molar-refractivity contribution in [1.82, 2.24) is 9.97 Å². The fourth-order valence-electron chi connectivity index (χ4n) is 3.69. The molecule has 1 saturated heterocycles. The molecule has 1 aromatic heterocycles. The molecule has 7 heteroatoms. The van der Waals surface area contributed by atoms with Crippen LogP contribution in [0.4, 0.5) is 11.6 Å². The van der Waals surface area contributed by atoms with E-state index in [4.69, 9.17) is 9.72 Å². The molecule has 7 nitrogen and oxygen atoms in total. The predicted molar refractivity (Wildman–Crippen MR) is 109 cm³/mol. The highest BCUT2D eigenvalue weighted by atomic mass is 16.5. The summed E-state index contributed by atoms with van der Waals surface area (Å²) in [7, 11) is 0. The van der Waals surface area contributed by atoms with Crippen molar-refractivity contribution < 1.29 is 16.1 Å². The lowest BCUT2D eigenvalue weighted by atomic mass is 9.97. The van der Waals surface area contributed by atoms with E-state index in [-0.39, 0.29) is 7.33 Å². The third-order valence-corrected chi connectivity index (χ3v) is 5.35. The molecule has 0 bridgehead atoms. The van der Waals surface area contributed by atoms with Crippen LogP contribution >= 0.6 is 0 Å². The van der Waals surface area contributed by atoms with Crippen molar-refractivity contribution in [3.63, 3.8) is 0 Å². The van der Waals surface area contributed by atoms with Gasteiger partial charge in [0.1, 0.15) is 0 Å². The Bertz CT molecular complexity index is 861. The number of nitrogens with zero attached hydrogens (tertiary/aromatic N) is 3. The van der Waals surface area contributed by atoms with Crippen LogP contribution in [-0.2, 0) is 15.1 Å². The van der Waals surface area contributed by atoms with Gasteiger partial charge in [0.15, 0.2) is 11.6 Å². The molecular formula is C21H28N4O3. The second-order valence-corrected chi connectivity index (χ2v) is 8.05. The van der Waals surface area contributed by atoms with Gasteiger partial charge in [0.25, 0.3) is 0 Å². The molecule has 4 rings (SSSR count). The van der Waals surface area contributed by atoms with Crippen LogP contribution in [0.1, 0.15) is 33.7 Å². The fourth-order valence-corrected chi connectivity index (χ4v) is 3.69. The quantitative estimate of drug-likeness (QED) is 0.843. The first-order valence-corrected chi connectivity index (χ1v) is 9.73. The number of fused-ring (bicyclic) bond motifs is 1. The van der Waals surface area contributed by atoms with Gasteiger partial charge < -0.3 is 20.1 Å². The third kappa shape index (κ3) is 4.00. The number of carbonyl (C=O) groups is 1. The van der Waals surface area contributed by atoms with E-state index in [1.165, 1.54) is 0 Å².